The molecule has 0 spiro atoms. The molecular formula is C33H45ClFN3O5S. The van der Waals surface area contributed by atoms with Crippen LogP contribution < -0.4 is 10.3 Å². The first-order chi connectivity index (χ1) is 20.3. The van der Waals surface area contributed by atoms with E-state index in [9.17, 15) is 22.4 Å². The van der Waals surface area contributed by atoms with Crippen LogP contribution in [0.25, 0.3) is 22.4 Å². The Bertz CT molecular complexity index is 1540. The second-order valence-corrected chi connectivity index (χ2v) is 14.9. The molecule has 1 saturated carbocycles. The van der Waals surface area contributed by atoms with Crippen molar-refractivity contribution in [3.8, 4) is 22.4 Å². The third-order valence-corrected chi connectivity index (χ3v) is 8.36. The quantitative estimate of drug-likeness (QED) is 0.267. The van der Waals surface area contributed by atoms with Crippen LogP contribution in [-0.4, -0.2) is 41.1 Å². The number of sulfonamides is 1. The predicted octanol–water partition coefficient (Wildman–Crippen LogP) is 7.41. The van der Waals surface area contributed by atoms with E-state index in [0.29, 0.717) is 21.8 Å². The van der Waals surface area contributed by atoms with Gasteiger partial charge in [0.05, 0.1) is 28.5 Å². The van der Waals surface area contributed by atoms with E-state index >= 15 is 0 Å². The summed E-state index contributed by atoms with van der Waals surface area (Å²) < 4.78 is 44.4. The first kappa shape index (κ1) is 37.1. The summed E-state index contributed by atoms with van der Waals surface area (Å²) in [6.45, 7) is 16.7. The molecule has 0 amide bonds. The molecule has 3 aromatic rings. The number of carbonyl (C=O) groups excluding carboxylic acids is 1. The first-order valence-electron chi connectivity index (χ1n) is 14.7. The Morgan fingerprint density at radius 2 is 1.50 bits per heavy atom. The first-order valence-corrected chi connectivity index (χ1v) is 16.6. The van der Waals surface area contributed by atoms with E-state index in [1.54, 1.807) is 30.3 Å². The van der Waals surface area contributed by atoms with Gasteiger partial charge in [-0.2, -0.15) is 5.10 Å². The molecule has 11 heteroatoms. The molecule has 1 fully saturated rings. The summed E-state index contributed by atoms with van der Waals surface area (Å²) in [4.78, 5) is 23.7. The van der Waals surface area contributed by atoms with E-state index < -0.39 is 10.0 Å². The van der Waals surface area contributed by atoms with Gasteiger partial charge < -0.3 is 4.74 Å². The lowest BCUT2D eigenvalue weighted by atomic mass is 10.0. The van der Waals surface area contributed by atoms with Gasteiger partial charge >= 0.3 is 5.97 Å². The third-order valence-electron chi connectivity index (χ3n) is 5.96. The minimum absolute atomic E-state index is 0.0285. The fraction of sp³-hybridized carbons (Fsp3) is 0.485. The molecule has 1 aliphatic rings. The zero-order valence-corrected chi connectivity index (χ0v) is 28.6. The van der Waals surface area contributed by atoms with Crippen molar-refractivity contribution in [2.75, 3.05) is 0 Å². The molecule has 4 rings (SSSR count). The predicted molar refractivity (Wildman–Crippen MR) is 176 cm³/mol. The van der Waals surface area contributed by atoms with Gasteiger partial charge in [0.25, 0.3) is 5.56 Å². The summed E-state index contributed by atoms with van der Waals surface area (Å²) >= 11 is 5.94. The summed E-state index contributed by atoms with van der Waals surface area (Å²) in [5.41, 5.74) is 2.13. The van der Waals surface area contributed by atoms with Crippen LogP contribution in [0.2, 0.25) is 5.02 Å². The molecule has 1 N–H and O–H groups in total. The average Bonchev–Trinajstić information content (AvgIpc) is 3.76. The van der Waals surface area contributed by atoms with Gasteiger partial charge in [-0.25, -0.2) is 22.2 Å². The molecule has 44 heavy (non-hydrogen) atoms. The van der Waals surface area contributed by atoms with Crippen molar-refractivity contribution in [2.45, 2.75) is 98.1 Å². The molecule has 0 bridgehead atoms. The molecular weight excluding hydrogens is 605 g/mol. The number of nitrogens with zero attached hydrogens (tertiary/aromatic N) is 2. The number of ether oxygens (including phenoxy) is 1. The maximum absolute atomic E-state index is 13.2. The van der Waals surface area contributed by atoms with Gasteiger partial charge in [-0.1, -0.05) is 49.7 Å². The van der Waals surface area contributed by atoms with Crippen LogP contribution >= 0.6 is 11.6 Å². The van der Waals surface area contributed by atoms with Crippen LogP contribution in [0.3, 0.4) is 0 Å². The zero-order chi connectivity index (χ0) is 33.4. The van der Waals surface area contributed by atoms with Gasteiger partial charge in [0.1, 0.15) is 11.4 Å². The Labute approximate surface area is 266 Å². The SMILES string of the molecule is CC(C)C(=O)OC(C)(C)C.CC(C)NS(=O)(=O)C1CC1.CC(C)n1nc(-c2ccc(Cl)cc2)cc(-c2ccc(F)cc2)c1=O. The number of halogens is 2. The summed E-state index contributed by atoms with van der Waals surface area (Å²) in [6.07, 6.45) is 1.67. The second-order valence-electron chi connectivity index (χ2n) is 12.5. The number of hydrogen-bond acceptors (Lipinski definition) is 6. The monoisotopic (exact) mass is 649 g/mol. The highest BCUT2D eigenvalue weighted by atomic mass is 35.5. The van der Waals surface area contributed by atoms with E-state index in [2.05, 4.69) is 9.82 Å². The zero-order valence-electron chi connectivity index (χ0n) is 27.0. The standard InChI is InChI=1S/C19H16ClFN2O.C8H16O2.C6H13NO2S/c1-12(2)23-19(24)17(13-5-9-16(21)10-6-13)11-18(22-23)14-3-7-15(20)8-4-14;1-6(2)7(9)10-8(3,4)5;1-5(2)7-10(8,9)6-3-4-6/h3-12H,1-2H3;6H,1-5H3;5-7H,3-4H2,1-2H3. The van der Waals surface area contributed by atoms with E-state index in [4.69, 9.17) is 16.3 Å². The number of nitrogens with one attached hydrogen (secondary N) is 1. The summed E-state index contributed by atoms with van der Waals surface area (Å²) in [5.74, 6) is -0.498. The second kappa shape index (κ2) is 15.8. The number of rotatable bonds is 7. The lowest BCUT2D eigenvalue weighted by Crippen LogP contribution is -2.32. The molecule has 0 unspecified atom stereocenters. The van der Waals surface area contributed by atoms with E-state index in [1.165, 1.54) is 16.8 Å². The van der Waals surface area contributed by atoms with Crippen molar-refractivity contribution in [2.24, 2.45) is 5.92 Å². The third kappa shape index (κ3) is 12.1. The Kier molecular flexibility index (Phi) is 13.3. The number of carbonyl (C=O) groups is 1. The number of benzene rings is 2. The number of aromatic nitrogens is 2. The van der Waals surface area contributed by atoms with Crippen LogP contribution in [-0.2, 0) is 19.6 Å². The molecule has 1 aliphatic carbocycles. The van der Waals surface area contributed by atoms with E-state index in [0.717, 1.165) is 18.4 Å². The molecule has 0 aliphatic heterocycles. The van der Waals surface area contributed by atoms with Crippen LogP contribution in [0.1, 0.15) is 81.2 Å². The van der Waals surface area contributed by atoms with Crippen LogP contribution in [0.5, 0.6) is 0 Å². The van der Waals surface area contributed by atoms with Gasteiger partial charge in [-0.05, 0) is 97.2 Å². The molecule has 0 atom stereocenters. The van der Waals surface area contributed by atoms with Crippen LogP contribution in [0.4, 0.5) is 4.39 Å². The Hall–Kier alpha value is -3.08. The maximum Gasteiger partial charge on any atom is 0.308 e. The van der Waals surface area contributed by atoms with Crippen molar-refractivity contribution >= 4 is 27.6 Å². The number of esters is 1. The Morgan fingerprint density at radius 3 is 1.91 bits per heavy atom. The van der Waals surface area contributed by atoms with Crippen molar-refractivity contribution in [3.63, 3.8) is 0 Å². The summed E-state index contributed by atoms with van der Waals surface area (Å²) in [6, 6.07) is 14.8. The molecule has 2 aromatic carbocycles. The highest BCUT2D eigenvalue weighted by Crippen LogP contribution is 2.27. The maximum atomic E-state index is 13.2. The molecule has 8 nitrogen and oxygen atoms in total. The van der Waals surface area contributed by atoms with Gasteiger partial charge in [0.2, 0.25) is 10.0 Å². The Morgan fingerprint density at radius 1 is 0.977 bits per heavy atom. The summed E-state index contributed by atoms with van der Waals surface area (Å²) in [5, 5.41) is 5.01. The summed E-state index contributed by atoms with van der Waals surface area (Å²) in [7, 11) is -2.94. The Balaban J connectivity index is 0.000000279. The van der Waals surface area contributed by atoms with Crippen molar-refractivity contribution in [1.82, 2.24) is 14.5 Å². The van der Waals surface area contributed by atoms with Crippen LogP contribution in [0, 0.1) is 11.7 Å². The average molecular weight is 650 g/mol. The topological polar surface area (TPSA) is 107 Å². The van der Waals surface area contributed by atoms with Crippen LogP contribution in [0.15, 0.2) is 59.4 Å². The molecule has 242 valence electrons. The highest BCUT2D eigenvalue weighted by Gasteiger charge is 2.35. The number of hydrogen-bond donors (Lipinski definition) is 1. The van der Waals surface area contributed by atoms with Crippen molar-refractivity contribution in [3.05, 3.63) is 75.8 Å². The van der Waals surface area contributed by atoms with E-state index in [1.807, 2.05) is 74.4 Å². The molecule has 0 radical (unpaired) electrons. The van der Waals surface area contributed by atoms with Crippen molar-refractivity contribution in [1.29, 1.82) is 0 Å². The van der Waals surface area contributed by atoms with Gasteiger partial charge in [0, 0.05) is 16.6 Å². The smallest absolute Gasteiger partial charge is 0.308 e. The highest BCUT2D eigenvalue weighted by molar-refractivity contribution is 7.90. The van der Waals surface area contributed by atoms with Crippen molar-refractivity contribution < 1.29 is 22.3 Å². The molecule has 1 heterocycles. The normalized spacial score (nSPS) is 13.2. The molecule has 0 saturated heterocycles. The largest absolute Gasteiger partial charge is 0.460 e. The fourth-order valence-electron chi connectivity index (χ4n) is 3.68. The van der Waals surface area contributed by atoms with Gasteiger partial charge in [-0.15, -0.1) is 0 Å². The lowest BCUT2D eigenvalue weighted by molar-refractivity contribution is -0.158. The minimum atomic E-state index is -2.94. The fourth-order valence-corrected chi connectivity index (χ4v) is 5.42. The van der Waals surface area contributed by atoms with Gasteiger partial charge in [-0.3, -0.25) is 9.59 Å². The minimum Gasteiger partial charge on any atom is -0.460 e. The lowest BCUT2D eigenvalue weighted by Gasteiger charge is -2.20. The molecule has 1 aromatic heterocycles. The van der Waals surface area contributed by atoms with E-state index in [-0.39, 0.29) is 46.2 Å². The van der Waals surface area contributed by atoms with Gasteiger partial charge in [0.15, 0.2) is 0 Å².